The van der Waals surface area contributed by atoms with E-state index in [4.69, 9.17) is 23.2 Å². The molecule has 1 aromatic carbocycles. The van der Waals surface area contributed by atoms with Gasteiger partial charge in [-0.3, -0.25) is 4.79 Å². The van der Waals surface area contributed by atoms with Gasteiger partial charge in [0.05, 0.1) is 24.2 Å². The van der Waals surface area contributed by atoms with Crippen LogP contribution in [0.3, 0.4) is 0 Å². The van der Waals surface area contributed by atoms with Gasteiger partial charge in [0, 0.05) is 18.1 Å². The number of hydrogen-bond donors (Lipinski definition) is 1. The molecule has 0 fully saturated rings. The summed E-state index contributed by atoms with van der Waals surface area (Å²) in [4.78, 5) is 14.6. The molecule has 3 aromatic rings. The Bertz CT molecular complexity index is 958. The second kappa shape index (κ2) is 8.22. The van der Waals surface area contributed by atoms with E-state index in [0.717, 1.165) is 11.1 Å². The molecule has 0 saturated heterocycles. The van der Waals surface area contributed by atoms with Gasteiger partial charge in [0.1, 0.15) is 5.02 Å². The Hall–Kier alpha value is -1.86. The number of benzene rings is 1. The Kier molecular flexibility index (Phi) is 5.98. The quantitative estimate of drug-likeness (QED) is 0.670. The fourth-order valence-corrected chi connectivity index (χ4v) is 3.63. The molecule has 0 aliphatic rings. The fourth-order valence-electron chi connectivity index (χ4n) is 2.55. The van der Waals surface area contributed by atoms with Crippen molar-refractivity contribution < 1.29 is 5.11 Å². The Morgan fingerprint density at radius 3 is 2.77 bits per heavy atom. The molecule has 136 valence electrons. The highest BCUT2D eigenvalue weighted by molar-refractivity contribution is 7.07. The number of anilines is 1. The zero-order valence-corrected chi connectivity index (χ0v) is 16.4. The van der Waals surface area contributed by atoms with Crippen LogP contribution in [0.25, 0.3) is 5.69 Å². The first kappa shape index (κ1) is 18.9. The minimum absolute atomic E-state index is 0.0559. The molecule has 5 nitrogen and oxygen atoms in total. The molecule has 2 heterocycles. The highest BCUT2D eigenvalue weighted by atomic mass is 35.5. The maximum atomic E-state index is 12.7. The minimum Gasteiger partial charge on any atom is -0.395 e. The molecule has 0 radical (unpaired) electrons. The van der Waals surface area contributed by atoms with Gasteiger partial charge in [-0.15, -0.1) is 0 Å². The van der Waals surface area contributed by atoms with Gasteiger partial charge < -0.3 is 10.0 Å². The SMILES string of the molecule is Cc1ccc(-n2ncc(N(CCO)Cc3ccsc3)c(Cl)c2=O)cc1Cl. The smallest absolute Gasteiger partial charge is 0.292 e. The van der Waals surface area contributed by atoms with Gasteiger partial charge >= 0.3 is 0 Å². The van der Waals surface area contributed by atoms with E-state index < -0.39 is 5.56 Å². The zero-order chi connectivity index (χ0) is 18.7. The first-order valence-corrected chi connectivity index (χ1v) is 9.62. The van der Waals surface area contributed by atoms with E-state index in [-0.39, 0.29) is 11.6 Å². The lowest BCUT2D eigenvalue weighted by Crippen LogP contribution is -2.30. The third-order valence-electron chi connectivity index (χ3n) is 3.96. The third kappa shape index (κ3) is 3.94. The summed E-state index contributed by atoms with van der Waals surface area (Å²) in [5.74, 6) is 0. The maximum absolute atomic E-state index is 12.7. The molecule has 0 saturated carbocycles. The maximum Gasteiger partial charge on any atom is 0.292 e. The average molecular weight is 410 g/mol. The standard InChI is InChI=1S/C18H17Cl2N3O2S/c1-12-2-3-14(8-15(12)19)23-18(25)17(20)16(9-21-23)22(5-6-24)10-13-4-7-26-11-13/h2-4,7-9,11,24H,5-6,10H2,1H3. The number of rotatable bonds is 6. The van der Waals surface area contributed by atoms with E-state index >= 15 is 0 Å². The minimum atomic E-state index is -0.433. The van der Waals surface area contributed by atoms with E-state index in [1.807, 2.05) is 34.7 Å². The van der Waals surface area contributed by atoms with Gasteiger partial charge in [-0.2, -0.15) is 21.1 Å². The Morgan fingerprint density at radius 1 is 1.31 bits per heavy atom. The van der Waals surface area contributed by atoms with E-state index in [1.165, 1.54) is 4.68 Å². The molecule has 2 aromatic heterocycles. The summed E-state index contributed by atoms with van der Waals surface area (Å²) in [7, 11) is 0. The van der Waals surface area contributed by atoms with Crippen LogP contribution in [-0.2, 0) is 6.54 Å². The average Bonchev–Trinajstić information content (AvgIpc) is 3.13. The largest absolute Gasteiger partial charge is 0.395 e. The number of halogens is 2. The van der Waals surface area contributed by atoms with Crippen LogP contribution in [-0.4, -0.2) is 28.0 Å². The zero-order valence-electron chi connectivity index (χ0n) is 14.0. The predicted molar refractivity (Wildman–Crippen MR) is 107 cm³/mol. The van der Waals surface area contributed by atoms with Crippen molar-refractivity contribution in [3.05, 3.63) is 72.7 Å². The summed E-state index contributed by atoms with van der Waals surface area (Å²) < 4.78 is 1.22. The Balaban J connectivity index is 1.99. The van der Waals surface area contributed by atoms with Gasteiger partial charge in [0.25, 0.3) is 5.56 Å². The van der Waals surface area contributed by atoms with Gasteiger partial charge in [-0.1, -0.05) is 29.3 Å². The predicted octanol–water partition coefficient (Wildman–Crippen LogP) is 3.91. The lowest BCUT2D eigenvalue weighted by molar-refractivity contribution is 0.301. The van der Waals surface area contributed by atoms with Gasteiger partial charge in [-0.05, 0) is 47.0 Å². The molecule has 1 N–H and O–H groups in total. The van der Waals surface area contributed by atoms with Crippen molar-refractivity contribution in [2.45, 2.75) is 13.5 Å². The van der Waals surface area contributed by atoms with Crippen molar-refractivity contribution in [2.75, 3.05) is 18.1 Å². The van der Waals surface area contributed by atoms with Crippen LogP contribution in [0.5, 0.6) is 0 Å². The van der Waals surface area contributed by atoms with Gasteiger partial charge in [0.15, 0.2) is 0 Å². The Morgan fingerprint density at radius 2 is 2.12 bits per heavy atom. The van der Waals surface area contributed by atoms with E-state index in [2.05, 4.69) is 5.10 Å². The van der Waals surface area contributed by atoms with Crippen molar-refractivity contribution in [3.63, 3.8) is 0 Å². The molecule has 3 rings (SSSR count). The van der Waals surface area contributed by atoms with Crippen molar-refractivity contribution >= 4 is 40.2 Å². The number of thiophene rings is 1. The number of nitrogens with zero attached hydrogens (tertiary/aromatic N) is 3. The molecule has 26 heavy (non-hydrogen) atoms. The summed E-state index contributed by atoms with van der Waals surface area (Å²) in [6.07, 6.45) is 1.54. The van der Waals surface area contributed by atoms with Crippen molar-refractivity contribution in [3.8, 4) is 5.69 Å². The van der Waals surface area contributed by atoms with Crippen LogP contribution in [0.15, 0.2) is 46.0 Å². The molecule has 0 aliphatic heterocycles. The lowest BCUT2D eigenvalue weighted by atomic mass is 10.2. The van der Waals surface area contributed by atoms with Crippen LogP contribution in [0.4, 0.5) is 5.69 Å². The van der Waals surface area contributed by atoms with Crippen LogP contribution >= 0.6 is 34.5 Å². The first-order chi connectivity index (χ1) is 12.5. The van der Waals surface area contributed by atoms with E-state index in [0.29, 0.717) is 29.5 Å². The van der Waals surface area contributed by atoms with Crippen LogP contribution < -0.4 is 10.5 Å². The van der Waals surface area contributed by atoms with E-state index in [9.17, 15) is 9.90 Å². The molecule has 0 amide bonds. The summed E-state index contributed by atoms with van der Waals surface area (Å²) in [6.45, 7) is 2.70. The summed E-state index contributed by atoms with van der Waals surface area (Å²) in [6, 6.07) is 7.26. The van der Waals surface area contributed by atoms with E-state index in [1.54, 1.807) is 29.7 Å². The van der Waals surface area contributed by atoms with Crippen molar-refractivity contribution in [1.82, 2.24) is 9.78 Å². The van der Waals surface area contributed by atoms with Crippen LogP contribution in [0, 0.1) is 6.92 Å². The summed E-state index contributed by atoms with van der Waals surface area (Å²) >= 11 is 14.1. The third-order valence-corrected chi connectivity index (χ3v) is 5.46. The number of aryl methyl sites for hydroxylation is 1. The molecule has 0 atom stereocenters. The van der Waals surface area contributed by atoms with Crippen molar-refractivity contribution in [1.29, 1.82) is 0 Å². The number of aliphatic hydroxyl groups excluding tert-OH is 1. The number of aromatic nitrogens is 2. The molecule has 0 bridgehead atoms. The monoisotopic (exact) mass is 409 g/mol. The molecule has 0 spiro atoms. The van der Waals surface area contributed by atoms with Crippen molar-refractivity contribution in [2.24, 2.45) is 0 Å². The fraction of sp³-hybridized carbons (Fsp3) is 0.222. The molecular weight excluding hydrogens is 393 g/mol. The lowest BCUT2D eigenvalue weighted by Gasteiger charge is -2.24. The van der Waals surface area contributed by atoms with Crippen LogP contribution in [0.1, 0.15) is 11.1 Å². The molecular formula is C18H17Cl2N3O2S. The summed E-state index contributed by atoms with van der Waals surface area (Å²) in [5, 5.41) is 18.2. The molecule has 0 aliphatic carbocycles. The van der Waals surface area contributed by atoms with Crippen LogP contribution in [0.2, 0.25) is 10.0 Å². The normalized spacial score (nSPS) is 10.9. The highest BCUT2D eigenvalue weighted by Gasteiger charge is 2.17. The number of hydrogen-bond acceptors (Lipinski definition) is 5. The van der Waals surface area contributed by atoms with Gasteiger partial charge in [-0.25, -0.2) is 0 Å². The summed E-state index contributed by atoms with van der Waals surface area (Å²) in [5.41, 5.74) is 2.60. The first-order valence-electron chi connectivity index (χ1n) is 7.92. The number of aliphatic hydroxyl groups is 1. The second-order valence-corrected chi connectivity index (χ2v) is 7.34. The highest BCUT2D eigenvalue weighted by Crippen LogP contribution is 2.25. The molecule has 8 heteroatoms. The van der Waals surface area contributed by atoms with Gasteiger partial charge in [0.2, 0.25) is 0 Å². The second-order valence-electron chi connectivity index (χ2n) is 5.77. The topological polar surface area (TPSA) is 58.4 Å². The molecule has 0 unspecified atom stereocenters. The Labute approximate surface area is 165 Å².